The Bertz CT molecular complexity index is 456. The Morgan fingerprint density at radius 1 is 1.39 bits per heavy atom. The summed E-state index contributed by atoms with van der Waals surface area (Å²) in [5.74, 6) is 1.69. The molecule has 0 radical (unpaired) electrons. The summed E-state index contributed by atoms with van der Waals surface area (Å²) in [6.45, 7) is 2.02. The molecule has 100 valence electrons. The average Bonchev–Trinajstić information content (AvgIpc) is 3.01. The van der Waals surface area contributed by atoms with E-state index in [1.165, 1.54) is 17.8 Å². The standard InChI is InChI=1S/C10H12N4OS.2ClH/c1-2-7(4-11-3-1)10-13-9(14-15-10)8-5-16-6-12-8;;/h5-7,11H,1-4H2;2*1H/t7-;;/m0../s1. The van der Waals surface area contributed by atoms with E-state index in [1.54, 1.807) is 5.51 Å². The van der Waals surface area contributed by atoms with Gasteiger partial charge in [0, 0.05) is 11.9 Å². The second kappa shape index (κ2) is 7.04. The molecule has 1 fully saturated rings. The molecule has 0 amide bonds. The highest BCUT2D eigenvalue weighted by atomic mass is 35.5. The first-order valence-corrected chi connectivity index (χ1v) is 6.30. The fraction of sp³-hybridized carbons (Fsp3) is 0.500. The largest absolute Gasteiger partial charge is 0.339 e. The minimum absolute atomic E-state index is 0. The number of halogens is 2. The van der Waals surface area contributed by atoms with E-state index in [0.717, 1.165) is 31.1 Å². The van der Waals surface area contributed by atoms with Crippen molar-refractivity contribution in [3.8, 4) is 11.5 Å². The fourth-order valence-corrected chi connectivity index (χ4v) is 2.42. The minimum Gasteiger partial charge on any atom is -0.339 e. The molecular formula is C10H14Cl2N4OS. The molecule has 1 aliphatic rings. The molecule has 0 saturated carbocycles. The lowest BCUT2D eigenvalue weighted by molar-refractivity contribution is 0.322. The summed E-state index contributed by atoms with van der Waals surface area (Å²) < 4.78 is 5.29. The zero-order chi connectivity index (χ0) is 10.8. The van der Waals surface area contributed by atoms with Gasteiger partial charge in [-0.05, 0) is 19.4 Å². The maximum atomic E-state index is 5.29. The van der Waals surface area contributed by atoms with Crippen LogP contribution in [0.1, 0.15) is 24.7 Å². The number of nitrogens with zero attached hydrogens (tertiary/aromatic N) is 3. The molecule has 3 rings (SSSR count). The van der Waals surface area contributed by atoms with Crippen LogP contribution < -0.4 is 5.32 Å². The Kier molecular flexibility index (Phi) is 6.01. The van der Waals surface area contributed by atoms with Gasteiger partial charge < -0.3 is 9.84 Å². The van der Waals surface area contributed by atoms with Crippen molar-refractivity contribution in [1.29, 1.82) is 0 Å². The number of nitrogens with one attached hydrogen (secondary N) is 1. The van der Waals surface area contributed by atoms with Gasteiger partial charge in [-0.15, -0.1) is 36.2 Å². The Hall–Kier alpha value is -0.690. The number of thiazole rings is 1. The van der Waals surface area contributed by atoms with E-state index in [9.17, 15) is 0 Å². The van der Waals surface area contributed by atoms with Gasteiger partial charge in [0.25, 0.3) is 0 Å². The van der Waals surface area contributed by atoms with E-state index in [1.807, 2.05) is 5.38 Å². The molecule has 1 atom stereocenters. The fourth-order valence-electron chi connectivity index (χ4n) is 1.89. The summed E-state index contributed by atoms with van der Waals surface area (Å²) in [5.41, 5.74) is 2.57. The zero-order valence-corrected chi connectivity index (χ0v) is 12.0. The molecule has 0 aliphatic carbocycles. The van der Waals surface area contributed by atoms with Gasteiger partial charge in [-0.3, -0.25) is 0 Å². The second-order valence-electron chi connectivity index (χ2n) is 3.87. The molecule has 0 aromatic carbocycles. The van der Waals surface area contributed by atoms with Crippen molar-refractivity contribution >= 4 is 36.2 Å². The van der Waals surface area contributed by atoms with Crippen LogP contribution in [0.5, 0.6) is 0 Å². The Labute approximate surface area is 121 Å². The van der Waals surface area contributed by atoms with Gasteiger partial charge in [-0.2, -0.15) is 4.98 Å². The lowest BCUT2D eigenvalue weighted by Gasteiger charge is -2.18. The van der Waals surface area contributed by atoms with Gasteiger partial charge in [0.2, 0.25) is 11.7 Å². The molecule has 1 aliphatic heterocycles. The summed E-state index contributed by atoms with van der Waals surface area (Å²) in [7, 11) is 0. The third-order valence-corrected chi connectivity index (χ3v) is 3.34. The number of hydrogen-bond donors (Lipinski definition) is 1. The molecule has 2 aromatic rings. The summed E-state index contributed by atoms with van der Waals surface area (Å²) >= 11 is 1.53. The second-order valence-corrected chi connectivity index (χ2v) is 4.59. The van der Waals surface area contributed by atoms with E-state index < -0.39 is 0 Å². The highest BCUT2D eigenvalue weighted by molar-refractivity contribution is 7.07. The van der Waals surface area contributed by atoms with Crippen LogP contribution in [0.25, 0.3) is 11.5 Å². The lowest BCUT2D eigenvalue weighted by Crippen LogP contribution is -2.28. The van der Waals surface area contributed by atoms with E-state index in [0.29, 0.717) is 11.7 Å². The van der Waals surface area contributed by atoms with Gasteiger partial charge in [-0.25, -0.2) is 4.98 Å². The maximum absolute atomic E-state index is 5.29. The number of rotatable bonds is 2. The van der Waals surface area contributed by atoms with Gasteiger partial charge in [0.1, 0.15) is 5.69 Å². The molecule has 5 nitrogen and oxygen atoms in total. The van der Waals surface area contributed by atoms with Crippen molar-refractivity contribution in [3.05, 3.63) is 16.8 Å². The van der Waals surface area contributed by atoms with E-state index in [4.69, 9.17) is 4.52 Å². The smallest absolute Gasteiger partial charge is 0.231 e. The van der Waals surface area contributed by atoms with E-state index >= 15 is 0 Å². The molecule has 0 bridgehead atoms. The van der Waals surface area contributed by atoms with Crippen molar-refractivity contribution in [2.24, 2.45) is 0 Å². The van der Waals surface area contributed by atoms with E-state index in [-0.39, 0.29) is 24.8 Å². The van der Waals surface area contributed by atoms with Gasteiger partial charge in [0.05, 0.1) is 11.4 Å². The SMILES string of the molecule is Cl.Cl.c1nc(-c2noc([C@H]3CCCNC3)n2)cs1. The topological polar surface area (TPSA) is 63.8 Å². The number of piperidine rings is 1. The molecule has 0 spiro atoms. The van der Waals surface area contributed by atoms with Crippen LogP contribution in [-0.2, 0) is 0 Å². The first kappa shape index (κ1) is 15.4. The van der Waals surface area contributed by atoms with E-state index in [2.05, 4.69) is 20.4 Å². The summed E-state index contributed by atoms with van der Waals surface area (Å²) in [4.78, 5) is 8.57. The van der Waals surface area contributed by atoms with Crippen molar-refractivity contribution in [2.45, 2.75) is 18.8 Å². The van der Waals surface area contributed by atoms with Crippen LogP contribution >= 0.6 is 36.2 Å². The van der Waals surface area contributed by atoms with Gasteiger partial charge in [-0.1, -0.05) is 5.16 Å². The first-order valence-electron chi connectivity index (χ1n) is 5.36. The monoisotopic (exact) mass is 308 g/mol. The van der Waals surface area contributed by atoms with Crippen LogP contribution in [0.15, 0.2) is 15.4 Å². The molecule has 1 saturated heterocycles. The van der Waals surface area contributed by atoms with Crippen LogP contribution in [-0.4, -0.2) is 28.2 Å². The minimum atomic E-state index is 0. The molecule has 0 unspecified atom stereocenters. The predicted octanol–water partition coefficient (Wildman–Crippen LogP) is 2.50. The van der Waals surface area contributed by atoms with Crippen molar-refractivity contribution < 1.29 is 4.52 Å². The van der Waals surface area contributed by atoms with Crippen LogP contribution in [0, 0.1) is 0 Å². The quantitative estimate of drug-likeness (QED) is 0.923. The molecule has 3 heterocycles. The maximum Gasteiger partial charge on any atom is 0.231 e. The summed E-state index contributed by atoms with van der Waals surface area (Å²) in [5, 5.41) is 9.22. The number of hydrogen-bond acceptors (Lipinski definition) is 6. The van der Waals surface area contributed by atoms with Crippen molar-refractivity contribution in [3.63, 3.8) is 0 Å². The third kappa shape index (κ3) is 3.20. The summed E-state index contributed by atoms with van der Waals surface area (Å²) in [6, 6.07) is 0. The first-order chi connectivity index (χ1) is 7.93. The molecule has 8 heteroatoms. The normalized spacial score (nSPS) is 18.8. The molecule has 2 aromatic heterocycles. The predicted molar refractivity (Wildman–Crippen MR) is 74.7 cm³/mol. The highest BCUT2D eigenvalue weighted by Gasteiger charge is 2.21. The Morgan fingerprint density at radius 3 is 2.94 bits per heavy atom. The van der Waals surface area contributed by atoms with Crippen LogP contribution in [0.4, 0.5) is 0 Å². The average molecular weight is 309 g/mol. The molecular weight excluding hydrogens is 295 g/mol. The van der Waals surface area contributed by atoms with Gasteiger partial charge in [0.15, 0.2) is 0 Å². The lowest BCUT2D eigenvalue weighted by atomic mass is 10.00. The Balaban J connectivity index is 0.000000810. The van der Waals surface area contributed by atoms with Crippen molar-refractivity contribution in [1.82, 2.24) is 20.4 Å². The zero-order valence-electron chi connectivity index (χ0n) is 9.54. The number of aromatic nitrogens is 3. The summed E-state index contributed by atoms with van der Waals surface area (Å²) in [6.07, 6.45) is 2.28. The van der Waals surface area contributed by atoms with Crippen molar-refractivity contribution in [2.75, 3.05) is 13.1 Å². The molecule has 1 N–H and O–H groups in total. The van der Waals surface area contributed by atoms with Crippen LogP contribution in [0.3, 0.4) is 0 Å². The van der Waals surface area contributed by atoms with Gasteiger partial charge >= 0.3 is 0 Å². The Morgan fingerprint density at radius 2 is 2.28 bits per heavy atom. The highest BCUT2D eigenvalue weighted by Crippen LogP contribution is 2.24. The van der Waals surface area contributed by atoms with Crippen LogP contribution in [0.2, 0.25) is 0 Å². The molecule has 18 heavy (non-hydrogen) atoms. The third-order valence-electron chi connectivity index (χ3n) is 2.75.